The van der Waals surface area contributed by atoms with Crippen LogP contribution < -0.4 is 10.6 Å². The summed E-state index contributed by atoms with van der Waals surface area (Å²) in [5, 5.41) is 12.7. The number of aromatic nitrogens is 4. The van der Waals surface area contributed by atoms with Crippen molar-refractivity contribution in [1.29, 1.82) is 0 Å². The van der Waals surface area contributed by atoms with Crippen LogP contribution in [0.5, 0.6) is 0 Å². The van der Waals surface area contributed by atoms with Crippen molar-refractivity contribution >= 4 is 11.8 Å². The van der Waals surface area contributed by atoms with Crippen molar-refractivity contribution in [2.24, 2.45) is 0 Å². The summed E-state index contributed by atoms with van der Waals surface area (Å²) in [6.07, 6.45) is -3.02. The van der Waals surface area contributed by atoms with Crippen LogP contribution in [0, 0.1) is 0 Å². The monoisotopic (exact) mass is 284 g/mol. The Morgan fingerprint density at radius 2 is 2.05 bits per heavy atom. The molecule has 0 aliphatic heterocycles. The van der Waals surface area contributed by atoms with E-state index >= 15 is 0 Å². The van der Waals surface area contributed by atoms with Crippen LogP contribution in [0.25, 0.3) is 0 Å². The van der Waals surface area contributed by atoms with Gasteiger partial charge in [-0.25, -0.2) is 4.98 Å². The predicted molar refractivity (Wildman–Crippen MR) is 65.9 cm³/mol. The Kier molecular flexibility index (Phi) is 3.97. The molecule has 0 aliphatic rings. The molecule has 0 amide bonds. The Bertz CT molecular complexity index is 572. The first kappa shape index (κ1) is 14.0. The SMILES string of the molecule is CNc1nc(NCc2cccnn2)cc(C(F)(F)F)n1. The first-order valence-electron chi connectivity index (χ1n) is 5.63. The maximum Gasteiger partial charge on any atom is 0.433 e. The van der Waals surface area contributed by atoms with Crippen LogP contribution in [0.2, 0.25) is 0 Å². The van der Waals surface area contributed by atoms with Crippen LogP contribution in [-0.4, -0.2) is 27.2 Å². The van der Waals surface area contributed by atoms with Gasteiger partial charge in [-0.3, -0.25) is 0 Å². The molecule has 2 heterocycles. The fourth-order valence-corrected chi connectivity index (χ4v) is 1.40. The minimum absolute atomic E-state index is 0.0577. The Balaban J connectivity index is 2.19. The van der Waals surface area contributed by atoms with Gasteiger partial charge in [0.25, 0.3) is 0 Å². The summed E-state index contributed by atoms with van der Waals surface area (Å²) in [4.78, 5) is 7.26. The van der Waals surface area contributed by atoms with Crippen molar-refractivity contribution in [3.8, 4) is 0 Å². The van der Waals surface area contributed by atoms with Crippen LogP contribution in [-0.2, 0) is 12.7 Å². The normalized spacial score (nSPS) is 11.2. The average Bonchev–Trinajstić information content (AvgIpc) is 2.45. The summed E-state index contributed by atoms with van der Waals surface area (Å²) in [7, 11) is 1.45. The molecule has 0 spiro atoms. The number of alkyl halides is 3. The Morgan fingerprint density at radius 3 is 2.65 bits per heavy atom. The predicted octanol–water partition coefficient (Wildman–Crippen LogP) is 1.94. The second-order valence-electron chi connectivity index (χ2n) is 3.78. The zero-order valence-electron chi connectivity index (χ0n) is 10.4. The van der Waals surface area contributed by atoms with E-state index in [1.54, 1.807) is 12.1 Å². The van der Waals surface area contributed by atoms with E-state index in [0.29, 0.717) is 5.69 Å². The maximum atomic E-state index is 12.7. The highest BCUT2D eigenvalue weighted by atomic mass is 19.4. The Morgan fingerprint density at radius 1 is 1.25 bits per heavy atom. The summed E-state index contributed by atoms with van der Waals surface area (Å²) in [5.74, 6) is -0.0520. The molecule has 2 rings (SSSR count). The molecule has 0 aromatic carbocycles. The molecular weight excluding hydrogens is 273 g/mol. The summed E-state index contributed by atoms with van der Waals surface area (Å²) in [5.41, 5.74) is -0.427. The lowest BCUT2D eigenvalue weighted by molar-refractivity contribution is -0.141. The summed E-state index contributed by atoms with van der Waals surface area (Å²) in [6, 6.07) is 4.23. The number of nitrogens with one attached hydrogen (secondary N) is 2. The zero-order chi connectivity index (χ0) is 14.6. The third-order valence-corrected chi connectivity index (χ3v) is 2.32. The van der Waals surface area contributed by atoms with E-state index in [1.165, 1.54) is 13.2 Å². The molecular formula is C11H11F3N6. The molecule has 0 atom stereocenters. The smallest absolute Gasteiger partial charge is 0.364 e. The van der Waals surface area contributed by atoms with E-state index in [2.05, 4.69) is 30.8 Å². The van der Waals surface area contributed by atoms with Gasteiger partial charge in [0.15, 0.2) is 5.69 Å². The van der Waals surface area contributed by atoms with Crippen molar-refractivity contribution in [1.82, 2.24) is 20.2 Å². The molecule has 20 heavy (non-hydrogen) atoms. The molecule has 0 aliphatic carbocycles. The fraction of sp³-hybridized carbons (Fsp3) is 0.273. The molecule has 0 fully saturated rings. The second-order valence-corrected chi connectivity index (χ2v) is 3.78. The number of hydrogen-bond acceptors (Lipinski definition) is 6. The van der Waals surface area contributed by atoms with Crippen molar-refractivity contribution in [2.75, 3.05) is 17.7 Å². The van der Waals surface area contributed by atoms with Crippen LogP contribution >= 0.6 is 0 Å². The summed E-state index contributed by atoms with van der Waals surface area (Å²) >= 11 is 0. The highest BCUT2D eigenvalue weighted by Crippen LogP contribution is 2.29. The van der Waals surface area contributed by atoms with E-state index in [9.17, 15) is 13.2 Å². The van der Waals surface area contributed by atoms with Gasteiger partial charge in [0, 0.05) is 19.3 Å². The fourth-order valence-electron chi connectivity index (χ4n) is 1.40. The third kappa shape index (κ3) is 3.53. The molecule has 2 aromatic rings. The Labute approximate surface area is 112 Å². The minimum Gasteiger partial charge on any atom is -0.364 e. The second kappa shape index (κ2) is 5.68. The number of anilines is 2. The molecule has 9 heteroatoms. The molecule has 2 aromatic heterocycles. The molecule has 106 valence electrons. The maximum absolute atomic E-state index is 12.7. The van der Waals surface area contributed by atoms with Gasteiger partial charge in [-0.2, -0.15) is 28.4 Å². The van der Waals surface area contributed by atoms with Crippen molar-refractivity contribution in [2.45, 2.75) is 12.7 Å². The van der Waals surface area contributed by atoms with E-state index in [-0.39, 0.29) is 18.3 Å². The van der Waals surface area contributed by atoms with Crippen LogP contribution in [0.1, 0.15) is 11.4 Å². The number of hydrogen-bond donors (Lipinski definition) is 2. The van der Waals surface area contributed by atoms with Crippen molar-refractivity contribution < 1.29 is 13.2 Å². The zero-order valence-corrected chi connectivity index (χ0v) is 10.4. The lowest BCUT2D eigenvalue weighted by Crippen LogP contribution is -2.13. The largest absolute Gasteiger partial charge is 0.433 e. The Hall–Kier alpha value is -2.45. The first-order chi connectivity index (χ1) is 9.49. The van der Waals surface area contributed by atoms with E-state index in [0.717, 1.165) is 6.07 Å². The molecule has 0 radical (unpaired) electrons. The molecule has 0 bridgehead atoms. The molecule has 0 saturated carbocycles. The van der Waals surface area contributed by atoms with Gasteiger partial charge in [0.2, 0.25) is 5.95 Å². The quantitative estimate of drug-likeness (QED) is 0.893. The lowest BCUT2D eigenvalue weighted by atomic mass is 10.3. The topological polar surface area (TPSA) is 75.6 Å². The van der Waals surface area contributed by atoms with Gasteiger partial charge in [-0.15, -0.1) is 0 Å². The van der Waals surface area contributed by atoms with Gasteiger partial charge in [-0.05, 0) is 12.1 Å². The van der Waals surface area contributed by atoms with E-state index in [4.69, 9.17) is 0 Å². The van der Waals surface area contributed by atoms with Gasteiger partial charge < -0.3 is 10.6 Å². The van der Waals surface area contributed by atoms with Crippen LogP contribution in [0.15, 0.2) is 24.4 Å². The molecule has 0 saturated heterocycles. The number of rotatable bonds is 4. The average molecular weight is 284 g/mol. The van der Waals surface area contributed by atoms with Crippen LogP contribution in [0.3, 0.4) is 0 Å². The number of halogens is 3. The molecule has 2 N–H and O–H groups in total. The number of nitrogens with zero attached hydrogens (tertiary/aromatic N) is 4. The van der Waals surface area contributed by atoms with Crippen LogP contribution in [0.4, 0.5) is 24.9 Å². The van der Waals surface area contributed by atoms with Gasteiger partial charge in [0.1, 0.15) is 5.82 Å². The first-order valence-corrected chi connectivity index (χ1v) is 5.63. The van der Waals surface area contributed by atoms with Gasteiger partial charge >= 0.3 is 6.18 Å². The lowest BCUT2D eigenvalue weighted by Gasteiger charge is -2.11. The summed E-state index contributed by atoms with van der Waals surface area (Å²) in [6.45, 7) is 0.214. The van der Waals surface area contributed by atoms with E-state index < -0.39 is 11.9 Å². The molecule has 6 nitrogen and oxygen atoms in total. The van der Waals surface area contributed by atoms with Gasteiger partial charge in [-0.1, -0.05) is 0 Å². The standard InChI is InChI=1S/C11H11F3N6/c1-15-10-18-8(11(12,13)14)5-9(19-10)16-6-7-3-2-4-17-20-7/h2-5H,6H2,1H3,(H2,15,16,18,19). The highest BCUT2D eigenvalue weighted by Gasteiger charge is 2.33. The highest BCUT2D eigenvalue weighted by molar-refractivity contribution is 5.43. The van der Waals surface area contributed by atoms with Crippen molar-refractivity contribution in [3.05, 3.63) is 35.8 Å². The van der Waals surface area contributed by atoms with Gasteiger partial charge in [0.05, 0.1) is 12.2 Å². The van der Waals surface area contributed by atoms with E-state index in [1.807, 2.05) is 0 Å². The summed E-state index contributed by atoms with van der Waals surface area (Å²) < 4.78 is 38.0. The minimum atomic E-state index is -4.53. The molecule has 0 unspecified atom stereocenters. The van der Waals surface area contributed by atoms with Crippen molar-refractivity contribution in [3.63, 3.8) is 0 Å². The third-order valence-electron chi connectivity index (χ3n) is 2.32.